The molecule has 0 spiro atoms. The van der Waals surface area contributed by atoms with Crippen LogP contribution in [0.15, 0.2) is 22.7 Å². The van der Waals surface area contributed by atoms with Crippen LogP contribution in [0.2, 0.25) is 0 Å². The van der Waals surface area contributed by atoms with Gasteiger partial charge in [-0.05, 0) is 24.1 Å². The number of halogens is 1. The predicted molar refractivity (Wildman–Crippen MR) is 52.0 cm³/mol. The molecule has 0 heterocycles. The molecule has 0 atom stereocenters. The third-order valence-corrected chi connectivity index (χ3v) is 2.41. The Morgan fingerprint density at radius 3 is 2.55 bits per heavy atom. The molecule has 3 heteroatoms. The summed E-state index contributed by atoms with van der Waals surface area (Å²) in [7, 11) is 0. The minimum atomic E-state index is 0. The van der Waals surface area contributed by atoms with Crippen LogP contribution in [0.3, 0.4) is 0 Å². The monoisotopic (exact) mass is 224 g/mol. The van der Waals surface area contributed by atoms with Crippen LogP contribution in [0, 0.1) is 6.92 Å². The molecule has 0 radical (unpaired) electrons. The molecule has 1 N–H and O–H groups in total. The van der Waals surface area contributed by atoms with Gasteiger partial charge in [-0.25, -0.2) is 0 Å². The molecule has 0 aliphatic rings. The summed E-state index contributed by atoms with van der Waals surface area (Å²) in [6, 6.07) is 5.80. The second-order valence-corrected chi connectivity index (χ2v) is 3.04. The summed E-state index contributed by atoms with van der Waals surface area (Å²) in [6.07, 6.45) is 0. The van der Waals surface area contributed by atoms with Gasteiger partial charge >= 0.3 is 29.6 Å². The molecule has 0 saturated heterocycles. The standard InChI is InChI=1S/C8H9BrO.Na.H/c1-6-7(5-10)3-2-4-8(6)9;;/h2-4,10H,5H2,1H3;;. The second-order valence-electron chi connectivity index (χ2n) is 2.18. The summed E-state index contributed by atoms with van der Waals surface area (Å²) < 4.78 is 1.05. The van der Waals surface area contributed by atoms with E-state index in [-0.39, 0.29) is 36.2 Å². The number of benzene rings is 1. The van der Waals surface area contributed by atoms with Crippen molar-refractivity contribution in [3.05, 3.63) is 33.8 Å². The first-order chi connectivity index (χ1) is 4.75. The van der Waals surface area contributed by atoms with Crippen molar-refractivity contribution in [2.45, 2.75) is 13.5 Å². The van der Waals surface area contributed by atoms with E-state index in [0.29, 0.717) is 0 Å². The van der Waals surface area contributed by atoms with Gasteiger partial charge < -0.3 is 5.11 Å². The van der Waals surface area contributed by atoms with Crippen molar-refractivity contribution in [1.29, 1.82) is 0 Å². The van der Waals surface area contributed by atoms with Crippen molar-refractivity contribution in [1.82, 2.24) is 0 Å². The Morgan fingerprint density at radius 2 is 2.09 bits per heavy atom. The van der Waals surface area contributed by atoms with Crippen molar-refractivity contribution in [3.8, 4) is 0 Å². The van der Waals surface area contributed by atoms with Crippen LogP contribution in [-0.2, 0) is 6.61 Å². The third kappa shape index (κ3) is 2.88. The maximum absolute atomic E-state index is 8.82. The molecule has 1 aromatic carbocycles. The van der Waals surface area contributed by atoms with Crippen LogP contribution < -0.4 is 0 Å². The molecule has 11 heavy (non-hydrogen) atoms. The van der Waals surface area contributed by atoms with E-state index in [1.807, 2.05) is 25.1 Å². The zero-order chi connectivity index (χ0) is 7.56. The average molecular weight is 225 g/mol. The van der Waals surface area contributed by atoms with Crippen LogP contribution >= 0.6 is 15.9 Å². The molecule has 0 unspecified atom stereocenters. The minimum absolute atomic E-state index is 0. The quantitative estimate of drug-likeness (QED) is 0.719. The van der Waals surface area contributed by atoms with Crippen molar-refractivity contribution in [3.63, 3.8) is 0 Å². The summed E-state index contributed by atoms with van der Waals surface area (Å²) >= 11 is 3.38. The van der Waals surface area contributed by atoms with Gasteiger partial charge in [-0.15, -0.1) is 0 Å². The van der Waals surface area contributed by atoms with Crippen LogP contribution in [-0.4, -0.2) is 34.7 Å². The zero-order valence-corrected chi connectivity index (χ0v) is 7.35. The fourth-order valence-electron chi connectivity index (χ4n) is 0.823. The number of aliphatic hydroxyl groups excluding tert-OH is 1. The molecule has 0 aromatic heterocycles. The molecule has 1 rings (SSSR count). The summed E-state index contributed by atoms with van der Waals surface area (Å²) in [5.74, 6) is 0. The number of hydrogen-bond acceptors (Lipinski definition) is 1. The Morgan fingerprint density at radius 1 is 1.45 bits per heavy atom. The first kappa shape index (κ1) is 11.7. The van der Waals surface area contributed by atoms with E-state index in [9.17, 15) is 0 Å². The predicted octanol–water partition coefficient (Wildman–Crippen LogP) is 1.60. The van der Waals surface area contributed by atoms with E-state index in [1.165, 1.54) is 0 Å². The van der Waals surface area contributed by atoms with Crippen molar-refractivity contribution >= 4 is 45.5 Å². The first-order valence-corrected chi connectivity index (χ1v) is 3.90. The van der Waals surface area contributed by atoms with Gasteiger partial charge in [0.05, 0.1) is 6.61 Å². The van der Waals surface area contributed by atoms with E-state index in [0.717, 1.165) is 15.6 Å². The molecule has 0 aliphatic carbocycles. The van der Waals surface area contributed by atoms with E-state index >= 15 is 0 Å². The topological polar surface area (TPSA) is 20.2 Å². The maximum atomic E-state index is 8.82. The molecule has 56 valence electrons. The molecule has 0 bridgehead atoms. The summed E-state index contributed by atoms with van der Waals surface area (Å²) in [4.78, 5) is 0. The molecule has 0 amide bonds. The zero-order valence-electron chi connectivity index (χ0n) is 5.76. The van der Waals surface area contributed by atoms with E-state index in [1.54, 1.807) is 0 Å². The molecule has 1 nitrogen and oxygen atoms in total. The van der Waals surface area contributed by atoms with E-state index in [4.69, 9.17) is 5.11 Å². The second kappa shape index (κ2) is 5.33. The first-order valence-electron chi connectivity index (χ1n) is 3.10. The normalized spacial score (nSPS) is 9.00. The Labute approximate surface area is 97.2 Å². The third-order valence-electron chi connectivity index (χ3n) is 1.55. The van der Waals surface area contributed by atoms with Crippen molar-refractivity contribution in [2.75, 3.05) is 0 Å². The van der Waals surface area contributed by atoms with Gasteiger partial charge in [0.15, 0.2) is 0 Å². The Bertz CT molecular complexity index is 238. The summed E-state index contributed by atoms with van der Waals surface area (Å²) in [5, 5.41) is 8.82. The molecule has 1 aromatic rings. The van der Waals surface area contributed by atoms with Gasteiger partial charge in [0.25, 0.3) is 0 Å². The number of aliphatic hydroxyl groups is 1. The number of rotatable bonds is 1. The van der Waals surface area contributed by atoms with Gasteiger partial charge in [0.2, 0.25) is 0 Å². The van der Waals surface area contributed by atoms with E-state index in [2.05, 4.69) is 15.9 Å². The van der Waals surface area contributed by atoms with E-state index < -0.39 is 0 Å². The Hall–Kier alpha value is 0.660. The van der Waals surface area contributed by atoms with Crippen LogP contribution in [0.4, 0.5) is 0 Å². The van der Waals surface area contributed by atoms with Gasteiger partial charge in [-0.3, -0.25) is 0 Å². The Balaban J connectivity index is 0.000001000. The number of hydrogen-bond donors (Lipinski definition) is 1. The SMILES string of the molecule is Cc1c(Br)cccc1CO.[NaH]. The fraction of sp³-hybridized carbons (Fsp3) is 0.250. The summed E-state index contributed by atoms with van der Waals surface area (Å²) in [5.41, 5.74) is 2.10. The Kier molecular flexibility index (Phi) is 5.65. The van der Waals surface area contributed by atoms with Gasteiger partial charge in [-0.2, -0.15) is 0 Å². The van der Waals surface area contributed by atoms with Crippen molar-refractivity contribution < 1.29 is 5.11 Å². The van der Waals surface area contributed by atoms with Crippen LogP contribution in [0.25, 0.3) is 0 Å². The van der Waals surface area contributed by atoms with Gasteiger partial charge in [0.1, 0.15) is 0 Å². The van der Waals surface area contributed by atoms with Crippen LogP contribution in [0.1, 0.15) is 11.1 Å². The molecule has 0 saturated carbocycles. The van der Waals surface area contributed by atoms with Gasteiger partial charge in [0, 0.05) is 4.47 Å². The molecular formula is C8H10BrNaO. The van der Waals surface area contributed by atoms with Gasteiger partial charge in [-0.1, -0.05) is 28.1 Å². The molecule has 0 aliphatic heterocycles. The van der Waals surface area contributed by atoms with Crippen LogP contribution in [0.5, 0.6) is 0 Å². The van der Waals surface area contributed by atoms with Crippen molar-refractivity contribution in [2.24, 2.45) is 0 Å². The average Bonchev–Trinajstić information content (AvgIpc) is 1.95. The fourth-order valence-corrected chi connectivity index (χ4v) is 1.23. The molecule has 0 fully saturated rings. The molecular weight excluding hydrogens is 215 g/mol. The summed E-state index contributed by atoms with van der Waals surface area (Å²) in [6.45, 7) is 2.10.